The average Bonchev–Trinajstić information content (AvgIpc) is 3.21. The van der Waals surface area contributed by atoms with Crippen LogP contribution in [0.15, 0.2) is 71.7 Å². The topological polar surface area (TPSA) is 71.2 Å². The lowest BCUT2D eigenvalue weighted by atomic mass is 10.0. The van der Waals surface area contributed by atoms with Crippen LogP contribution in [0.4, 0.5) is 8.78 Å². The molecule has 0 fully saturated rings. The molecule has 0 bridgehead atoms. The van der Waals surface area contributed by atoms with Gasteiger partial charge in [-0.25, -0.2) is 8.78 Å². The minimum absolute atomic E-state index is 0.0622. The number of hydrogen-bond acceptors (Lipinski definition) is 5. The van der Waals surface area contributed by atoms with E-state index in [1.165, 1.54) is 34.9 Å². The highest BCUT2D eigenvalue weighted by Crippen LogP contribution is 2.27. The van der Waals surface area contributed by atoms with E-state index in [4.69, 9.17) is 13.6 Å². The molecule has 0 radical (unpaired) electrons. The fourth-order valence-corrected chi connectivity index (χ4v) is 3.82. The molecule has 5 aromatic rings. The molecule has 0 aliphatic rings. The highest BCUT2D eigenvalue weighted by atomic mass is 19.3. The molecule has 0 saturated heterocycles. The van der Waals surface area contributed by atoms with Gasteiger partial charge >= 0.3 is 0 Å². The molecule has 0 aliphatic carbocycles. The summed E-state index contributed by atoms with van der Waals surface area (Å²) in [7, 11) is -0.823. The molecular formula is C25H20F2N4O3. The molecule has 0 atom stereocenters. The molecule has 0 amide bonds. The predicted octanol–water partition coefficient (Wildman–Crippen LogP) is 4.59. The van der Waals surface area contributed by atoms with Gasteiger partial charge in [0.05, 0.1) is 22.4 Å². The Morgan fingerprint density at radius 1 is 1.06 bits per heavy atom. The number of aryl methyl sites for hydroxylation is 1. The number of benzene rings is 2. The Kier molecular flexibility index (Phi) is 4.59. The molecule has 9 heteroatoms. The van der Waals surface area contributed by atoms with E-state index in [0.29, 0.717) is 22.2 Å². The van der Waals surface area contributed by atoms with Crippen LogP contribution in [-0.2, 0) is 7.05 Å². The molecule has 0 saturated carbocycles. The van der Waals surface area contributed by atoms with Crippen LogP contribution in [0, 0.1) is 0 Å². The fraction of sp³-hybridized carbons (Fsp3) is 0.160. The highest BCUT2D eigenvalue weighted by molar-refractivity contribution is 5.88. The Hall–Kier alpha value is -4.27. The first-order valence-corrected chi connectivity index (χ1v) is 10.3. The number of halogens is 2. The van der Waals surface area contributed by atoms with Gasteiger partial charge in [-0.05, 0) is 54.1 Å². The third kappa shape index (κ3) is 3.96. The third-order valence-electron chi connectivity index (χ3n) is 5.32. The van der Waals surface area contributed by atoms with Gasteiger partial charge < -0.3 is 9.47 Å². The van der Waals surface area contributed by atoms with Crippen molar-refractivity contribution in [1.82, 2.24) is 19.3 Å². The quantitative estimate of drug-likeness (QED) is 0.367. The van der Waals surface area contributed by atoms with Crippen molar-refractivity contribution in [3.05, 3.63) is 77.2 Å². The monoisotopic (exact) mass is 465 g/mol. The number of nitrogens with zero attached hydrogens (tertiary/aromatic N) is 4. The minimum Gasteiger partial charge on any atom is -0.497 e. The molecule has 0 spiro atoms. The van der Waals surface area contributed by atoms with Gasteiger partial charge in [0.2, 0.25) is 5.88 Å². The van der Waals surface area contributed by atoms with E-state index in [2.05, 4.69) is 10.1 Å². The smallest absolute Gasteiger partial charge is 0.272 e. The predicted molar refractivity (Wildman–Crippen MR) is 125 cm³/mol. The largest absolute Gasteiger partial charge is 0.497 e. The molecule has 34 heavy (non-hydrogen) atoms. The summed E-state index contributed by atoms with van der Waals surface area (Å²) < 4.78 is 60.2. The summed E-state index contributed by atoms with van der Waals surface area (Å²) in [6.45, 7) is -0.840. The maximum Gasteiger partial charge on any atom is 0.272 e. The maximum absolute atomic E-state index is 13.8. The van der Waals surface area contributed by atoms with Crippen LogP contribution in [0.25, 0.3) is 38.8 Å². The zero-order valence-electron chi connectivity index (χ0n) is 20.9. The van der Waals surface area contributed by atoms with Gasteiger partial charge in [-0.2, -0.15) is 10.1 Å². The second-order valence-electron chi connectivity index (χ2n) is 7.64. The van der Waals surface area contributed by atoms with Gasteiger partial charge in [-0.15, -0.1) is 0 Å². The summed E-state index contributed by atoms with van der Waals surface area (Å²) >= 11 is 0. The first-order chi connectivity index (χ1) is 17.6. The van der Waals surface area contributed by atoms with E-state index in [0.717, 1.165) is 10.9 Å². The van der Waals surface area contributed by atoms with Gasteiger partial charge in [-0.3, -0.25) is 14.0 Å². The van der Waals surface area contributed by atoms with E-state index < -0.39 is 25.6 Å². The minimum atomic E-state index is -2.68. The Bertz CT molecular complexity index is 1660. The second-order valence-corrected chi connectivity index (χ2v) is 7.64. The van der Waals surface area contributed by atoms with Crippen molar-refractivity contribution in [2.24, 2.45) is 7.05 Å². The number of alkyl halides is 2. The Morgan fingerprint density at radius 3 is 2.65 bits per heavy atom. The molecular weight excluding hydrogens is 442 g/mol. The summed E-state index contributed by atoms with van der Waals surface area (Å²) in [5, 5.41) is 5.78. The lowest BCUT2D eigenvalue weighted by molar-refractivity contribution is 0.0797. The van der Waals surface area contributed by atoms with Crippen molar-refractivity contribution in [2.45, 2.75) is 6.43 Å². The number of ether oxygens (including phenoxy) is 2. The first-order valence-electron chi connectivity index (χ1n) is 11.8. The SMILES string of the molecule is [2H]C([2H])([2H])Oc1ccc(-n2c(=O)c(-c3ccc4nn(C)cc4c3)cc3ccc(OCC(F)F)nc32)cc1. The molecule has 0 unspecified atom stereocenters. The highest BCUT2D eigenvalue weighted by Gasteiger charge is 2.16. The summed E-state index contributed by atoms with van der Waals surface area (Å²) in [6.07, 6.45) is -0.841. The number of aromatic nitrogens is 4. The van der Waals surface area contributed by atoms with E-state index in [1.807, 2.05) is 25.4 Å². The lowest BCUT2D eigenvalue weighted by Crippen LogP contribution is -2.21. The molecule has 5 rings (SSSR count). The van der Waals surface area contributed by atoms with E-state index in [-0.39, 0.29) is 17.3 Å². The zero-order chi connectivity index (χ0) is 26.3. The number of pyridine rings is 2. The van der Waals surface area contributed by atoms with Crippen molar-refractivity contribution in [1.29, 1.82) is 0 Å². The van der Waals surface area contributed by atoms with E-state index in [9.17, 15) is 13.6 Å². The maximum atomic E-state index is 13.8. The third-order valence-corrected chi connectivity index (χ3v) is 5.32. The van der Waals surface area contributed by atoms with Crippen LogP contribution >= 0.6 is 0 Å². The van der Waals surface area contributed by atoms with Gasteiger partial charge in [-0.1, -0.05) is 6.07 Å². The number of hydrogen-bond donors (Lipinski definition) is 0. The summed E-state index contributed by atoms with van der Waals surface area (Å²) in [5.41, 5.74) is 1.95. The van der Waals surface area contributed by atoms with Crippen molar-refractivity contribution in [3.8, 4) is 28.4 Å². The van der Waals surface area contributed by atoms with Crippen molar-refractivity contribution < 1.29 is 22.4 Å². The summed E-state index contributed by atoms with van der Waals surface area (Å²) in [4.78, 5) is 18.2. The summed E-state index contributed by atoms with van der Waals surface area (Å²) in [5.74, 6) is 0.0287. The van der Waals surface area contributed by atoms with E-state index >= 15 is 0 Å². The molecule has 172 valence electrons. The van der Waals surface area contributed by atoms with Crippen molar-refractivity contribution >= 4 is 21.9 Å². The Labute approximate surface area is 197 Å². The van der Waals surface area contributed by atoms with Crippen LogP contribution in [0.3, 0.4) is 0 Å². The molecule has 3 aromatic heterocycles. The van der Waals surface area contributed by atoms with Gasteiger partial charge in [0.1, 0.15) is 5.75 Å². The molecule has 0 aliphatic heterocycles. The Morgan fingerprint density at radius 2 is 1.88 bits per heavy atom. The fourth-order valence-electron chi connectivity index (χ4n) is 3.82. The molecule has 2 aromatic carbocycles. The van der Waals surface area contributed by atoms with Crippen LogP contribution in [0.2, 0.25) is 0 Å². The Balaban J connectivity index is 1.69. The van der Waals surface area contributed by atoms with Gasteiger partial charge in [0, 0.05) is 35.6 Å². The molecule has 3 heterocycles. The van der Waals surface area contributed by atoms with Crippen LogP contribution < -0.4 is 15.0 Å². The van der Waals surface area contributed by atoms with Crippen molar-refractivity contribution in [2.75, 3.05) is 13.6 Å². The molecule has 7 nitrogen and oxygen atoms in total. The number of methoxy groups -OCH3 is 1. The standard InChI is InChI=1S/C25H20F2N4O3/c1-30-13-17-11-15(3-9-21(17)29-30)20-12-16-4-10-23(34-14-22(26)27)28-24(16)31(25(20)32)18-5-7-19(33-2)8-6-18/h3-13,22H,14H2,1-2H3/i2D3. The van der Waals surface area contributed by atoms with Crippen LogP contribution in [0.5, 0.6) is 11.6 Å². The zero-order valence-corrected chi connectivity index (χ0v) is 17.9. The second kappa shape index (κ2) is 8.58. The first kappa shape index (κ1) is 18.2. The molecule has 0 N–H and O–H groups in total. The summed E-state index contributed by atoms with van der Waals surface area (Å²) in [6, 6.07) is 16.1. The normalized spacial score (nSPS) is 13.1. The number of rotatable bonds is 6. The van der Waals surface area contributed by atoms with E-state index in [1.54, 1.807) is 22.9 Å². The van der Waals surface area contributed by atoms with Crippen LogP contribution in [-0.4, -0.2) is 39.4 Å². The lowest BCUT2D eigenvalue weighted by Gasteiger charge is -2.14. The van der Waals surface area contributed by atoms with Crippen molar-refractivity contribution in [3.63, 3.8) is 0 Å². The van der Waals surface area contributed by atoms with Crippen LogP contribution in [0.1, 0.15) is 4.11 Å². The average molecular weight is 465 g/mol. The van der Waals surface area contributed by atoms with Gasteiger partial charge in [0.25, 0.3) is 12.0 Å². The van der Waals surface area contributed by atoms with Gasteiger partial charge in [0.15, 0.2) is 12.3 Å². The number of fused-ring (bicyclic) bond motifs is 2.